The van der Waals surface area contributed by atoms with Crippen LogP contribution >= 0.6 is 12.0 Å². The highest BCUT2D eigenvalue weighted by Gasteiger charge is 2.39. The molecule has 0 aliphatic carbocycles. The molecule has 0 unspecified atom stereocenters. The van der Waals surface area contributed by atoms with Crippen LogP contribution in [0.5, 0.6) is 0 Å². The average Bonchev–Trinajstić information content (AvgIpc) is 3.06. The number of nitrogens with one attached hydrogen (secondary N) is 1. The normalized spacial score (nSPS) is 15.0. The van der Waals surface area contributed by atoms with Crippen LogP contribution in [0.3, 0.4) is 0 Å². The smallest absolute Gasteiger partial charge is 0.244 e. The van der Waals surface area contributed by atoms with E-state index < -0.39 is 5.91 Å². The van der Waals surface area contributed by atoms with Crippen LogP contribution in [0.2, 0.25) is 0 Å². The molecule has 1 aliphatic rings. The van der Waals surface area contributed by atoms with Gasteiger partial charge in [-0.2, -0.15) is 0 Å². The quantitative estimate of drug-likeness (QED) is 0.130. The number of nitrogens with two attached hydrogens (primary N) is 2. The van der Waals surface area contributed by atoms with Gasteiger partial charge < -0.3 is 26.2 Å². The van der Waals surface area contributed by atoms with Crippen LogP contribution in [0.4, 0.5) is 5.69 Å². The predicted molar refractivity (Wildman–Crippen MR) is 145 cm³/mol. The van der Waals surface area contributed by atoms with Gasteiger partial charge in [0.1, 0.15) is 0 Å². The van der Waals surface area contributed by atoms with Crippen molar-refractivity contribution in [2.75, 3.05) is 18.0 Å². The molecule has 1 aromatic rings. The van der Waals surface area contributed by atoms with Crippen molar-refractivity contribution >= 4 is 36.0 Å². The third-order valence-corrected chi connectivity index (χ3v) is 5.74. The Morgan fingerprint density at radius 3 is 2.40 bits per heavy atom. The molecule has 194 valence electrons. The summed E-state index contributed by atoms with van der Waals surface area (Å²) in [6.07, 6.45) is 8.99. The minimum Gasteiger partial charge on any atom is -0.372 e. The zero-order chi connectivity index (χ0) is 27.0. The van der Waals surface area contributed by atoms with Gasteiger partial charge in [0.05, 0.1) is 0 Å². The van der Waals surface area contributed by atoms with Crippen LogP contribution in [0.1, 0.15) is 59.9 Å². The Morgan fingerprint density at radius 1 is 1.23 bits per heavy atom. The van der Waals surface area contributed by atoms with Gasteiger partial charge in [0.25, 0.3) is 0 Å². The molecule has 1 heterocycles. The Bertz CT molecular complexity index is 939. The van der Waals surface area contributed by atoms with E-state index in [2.05, 4.69) is 29.8 Å². The number of nitrogens with zero attached hydrogens (tertiary/aromatic N) is 1. The van der Waals surface area contributed by atoms with E-state index in [4.69, 9.17) is 10.5 Å². The van der Waals surface area contributed by atoms with Gasteiger partial charge in [0.15, 0.2) is 0 Å². The number of carbonyl (C=O) groups excluding carboxylic acids is 3. The lowest BCUT2D eigenvalue weighted by atomic mass is 9.83. The van der Waals surface area contributed by atoms with Crippen molar-refractivity contribution < 1.29 is 18.9 Å². The summed E-state index contributed by atoms with van der Waals surface area (Å²) < 4.78 is 9.48. The van der Waals surface area contributed by atoms with E-state index in [1.807, 2.05) is 51.1 Å². The van der Waals surface area contributed by atoms with Crippen molar-refractivity contribution in [2.24, 2.45) is 11.5 Å². The first kappa shape index (κ1) is 32.0. The maximum Gasteiger partial charge on any atom is 0.244 e. The van der Waals surface area contributed by atoms with Crippen LogP contribution < -0.4 is 21.7 Å². The van der Waals surface area contributed by atoms with Gasteiger partial charge in [-0.25, -0.2) is 0 Å². The minimum atomic E-state index is -0.439. The summed E-state index contributed by atoms with van der Waals surface area (Å²) in [5.74, 6) is -0.386. The first-order valence-electron chi connectivity index (χ1n) is 11.6. The highest BCUT2D eigenvalue weighted by Crippen LogP contribution is 2.48. The third-order valence-electron chi connectivity index (χ3n) is 5.27. The molecule has 0 spiro atoms. The van der Waals surface area contributed by atoms with Gasteiger partial charge in [-0.05, 0) is 43.2 Å². The largest absolute Gasteiger partial charge is 0.372 e. The van der Waals surface area contributed by atoms with E-state index in [1.54, 1.807) is 19.1 Å². The van der Waals surface area contributed by atoms with Gasteiger partial charge in [0.2, 0.25) is 18.2 Å². The van der Waals surface area contributed by atoms with E-state index in [1.165, 1.54) is 0 Å². The molecular formula is C26H40N4O4S. The van der Waals surface area contributed by atoms with Crippen molar-refractivity contribution in [1.29, 1.82) is 0 Å². The zero-order valence-corrected chi connectivity index (χ0v) is 22.4. The molecule has 0 radical (unpaired) electrons. The van der Waals surface area contributed by atoms with Gasteiger partial charge in [-0.1, -0.05) is 52.8 Å². The first-order valence-corrected chi connectivity index (χ1v) is 12.4. The van der Waals surface area contributed by atoms with E-state index >= 15 is 0 Å². The molecule has 3 amide bonds. The Hall–Kier alpha value is -3.04. The summed E-state index contributed by atoms with van der Waals surface area (Å²) in [6, 6.07) is 5.96. The van der Waals surface area contributed by atoms with E-state index in [0.717, 1.165) is 46.9 Å². The fourth-order valence-corrected chi connectivity index (χ4v) is 3.77. The second-order valence-electron chi connectivity index (χ2n) is 7.89. The number of rotatable bonds is 9. The summed E-state index contributed by atoms with van der Waals surface area (Å²) >= 11 is 0.742. The lowest BCUT2D eigenvalue weighted by Crippen LogP contribution is -2.30. The SMILES string of the molecule is CC.CCC(=O)NCCCN1/C(=C/C=C/C=C(\C)C(N)=O)C(C)(C)c2cc(SO)ccc21.NC=O. The number of hydrogen-bond donors (Lipinski definition) is 4. The number of amides is 3. The summed E-state index contributed by atoms with van der Waals surface area (Å²) in [5.41, 5.74) is 13.0. The fraction of sp³-hybridized carbons (Fsp3) is 0.423. The van der Waals surface area contributed by atoms with E-state index in [9.17, 15) is 14.1 Å². The molecule has 0 saturated heterocycles. The zero-order valence-electron chi connectivity index (χ0n) is 21.6. The predicted octanol–water partition coefficient (Wildman–Crippen LogP) is 4.27. The third kappa shape index (κ3) is 9.62. The second kappa shape index (κ2) is 16.6. The van der Waals surface area contributed by atoms with Crippen molar-refractivity contribution in [3.05, 3.63) is 59.3 Å². The molecule has 0 aromatic heterocycles. The molecule has 6 N–H and O–H groups in total. The summed E-state index contributed by atoms with van der Waals surface area (Å²) in [7, 11) is 0. The maximum absolute atomic E-state index is 11.5. The molecule has 0 atom stereocenters. The summed E-state index contributed by atoms with van der Waals surface area (Å²) in [5, 5.41) is 2.92. The lowest BCUT2D eigenvalue weighted by molar-refractivity contribution is -0.120. The lowest BCUT2D eigenvalue weighted by Gasteiger charge is -2.27. The van der Waals surface area contributed by atoms with Crippen LogP contribution in [0.25, 0.3) is 0 Å². The molecule has 0 fully saturated rings. The van der Waals surface area contributed by atoms with Crippen LogP contribution in [0, 0.1) is 0 Å². The van der Waals surface area contributed by atoms with Gasteiger partial charge >= 0.3 is 0 Å². The second-order valence-corrected chi connectivity index (χ2v) is 8.54. The number of fused-ring (bicyclic) bond motifs is 1. The minimum absolute atomic E-state index is 0.0528. The van der Waals surface area contributed by atoms with Crippen molar-refractivity contribution in [1.82, 2.24) is 5.32 Å². The standard InChI is InChI=1S/C23H31N3O3S.C2H6.CH3NO/c1-5-21(27)25-13-8-14-26-19-12-11-17(30-29)15-18(19)23(3,4)20(26)10-7-6-9-16(2)22(24)28;1-2;2-1-3/h6-7,9-12,15,29H,5,8,13-14H2,1-4H3,(H2,24,28)(H,25,27);1-2H3;1H,(H2,2,3)/b7-6+,16-9+,20-10+;;. The van der Waals surface area contributed by atoms with Gasteiger partial charge in [0, 0.05) is 58.8 Å². The van der Waals surface area contributed by atoms with Gasteiger partial charge in [-0.15, -0.1) is 0 Å². The molecule has 0 saturated carbocycles. The monoisotopic (exact) mass is 504 g/mol. The molecule has 2 rings (SSSR count). The van der Waals surface area contributed by atoms with E-state index in [-0.39, 0.29) is 17.7 Å². The summed E-state index contributed by atoms with van der Waals surface area (Å²) in [4.78, 5) is 34.3. The molecular weight excluding hydrogens is 464 g/mol. The molecule has 1 aliphatic heterocycles. The van der Waals surface area contributed by atoms with Gasteiger partial charge in [-0.3, -0.25) is 14.4 Å². The highest BCUT2D eigenvalue weighted by atomic mass is 32.2. The number of anilines is 1. The number of carbonyl (C=O) groups is 3. The number of benzene rings is 1. The number of allylic oxidation sites excluding steroid dienone is 5. The topological polar surface area (TPSA) is 139 Å². The Labute approximate surface area is 213 Å². The molecule has 35 heavy (non-hydrogen) atoms. The molecule has 0 bridgehead atoms. The first-order chi connectivity index (χ1) is 16.6. The average molecular weight is 505 g/mol. The summed E-state index contributed by atoms with van der Waals surface area (Å²) in [6.45, 7) is 13.2. The van der Waals surface area contributed by atoms with E-state index in [0.29, 0.717) is 18.5 Å². The van der Waals surface area contributed by atoms with Crippen molar-refractivity contribution in [3.8, 4) is 0 Å². The Kier molecular flexibility index (Phi) is 15.1. The maximum atomic E-state index is 11.5. The Morgan fingerprint density at radius 2 is 1.86 bits per heavy atom. The Balaban J connectivity index is 0.00000214. The highest BCUT2D eigenvalue weighted by molar-refractivity contribution is 7.93. The van der Waals surface area contributed by atoms with Crippen molar-refractivity contribution in [3.63, 3.8) is 0 Å². The molecule has 8 nitrogen and oxygen atoms in total. The van der Waals surface area contributed by atoms with Crippen LogP contribution in [-0.4, -0.2) is 35.9 Å². The fourth-order valence-electron chi connectivity index (χ4n) is 3.47. The number of primary amides is 2. The van der Waals surface area contributed by atoms with Crippen LogP contribution in [-0.2, 0) is 19.8 Å². The molecule has 1 aromatic carbocycles. The van der Waals surface area contributed by atoms with Crippen molar-refractivity contribution in [2.45, 2.75) is 64.7 Å². The molecule has 9 heteroatoms. The number of hydrogen-bond acceptors (Lipinski definition) is 6. The van der Waals surface area contributed by atoms with Crippen LogP contribution in [0.15, 0.2) is 58.7 Å².